The van der Waals surface area contributed by atoms with E-state index < -0.39 is 23.2 Å². The molecule has 4 N–H and O–H groups in total. The number of rotatable bonds is 8. The quantitative estimate of drug-likeness (QED) is 0.169. The minimum Gasteiger partial charge on any atom is -0.383 e. The van der Waals surface area contributed by atoms with Gasteiger partial charge >= 0.3 is 6.18 Å². The van der Waals surface area contributed by atoms with Gasteiger partial charge in [-0.25, -0.2) is 4.99 Å². The van der Waals surface area contributed by atoms with E-state index in [2.05, 4.69) is 20.9 Å². The van der Waals surface area contributed by atoms with Gasteiger partial charge in [-0.3, -0.25) is 4.79 Å². The molecule has 0 saturated heterocycles. The summed E-state index contributed by atoms with van der Waals surface area (Å²) in [5, 5.41) is 21.2. The Balaban J connectivity index is 0.00000480. The van der Waals surface area contributed by atoms with Gasteiger partial charge in [-0.05, 0) is 49.6 Å². The summed E-state index contributed by atoms with van der Waals surface area (Å²) in [6.45, 7) is 4.95. The van der Waals surface area contributed by atoms with Crippen LogP contribution in [0.5, 0.6) is 0 Å². The van der Waals surface area contributed by atoms with Crippen LogP contribution in [-0.4, -0.2) is 43.2 Å². The Bertz CT molecular complexity index is 841. The maximum atomic E-state index is 12.6. The molecule has 1 atom stereocenters. The fourth-order valence-corrected chi connectivity index (χ4v) is 3.29. The van der Waals surface area contributed by atoms with E-state index in [1.165, 1.54) is 11.3 Å². The highest BCUT2D eigenvalue weighted by Crippen LogP contribution is 2.29. The number of nitrogens with one attached hydrogen (secondary N) is 3. The molecular weight excluding hydrogens is 544 g/mol. The standard InChI is InChI=1S/C20H25F3N4O2S.HI/c1-3-24-18(27-13-19(2,29)16-5-4-12-30-16)26-11-10-25-17(28)14-6-8-15(9-7-14)20(21,22)23;/h4-9,12,29H,3,10-11,13H2,1-2H3,(H,25,28)(H2,24,26,27);1H. The van der Waals surface area contributed by atoms with Gasteiger partial charge in [-0.2, -0.15) is 13.2 Å². The van der Waals surface area contributed by atoms with Gasteiger partial charge in [-0.15, -0.1) is 35.3 Å². The smallest absolute Gasteiger partial charge is 0.383 e. The third-order valence-electron chi connectivity index (χ3n) is 4.12. The van der Waals surface area contributed by atoms with Crippen LogP contribution in [-0.2, 0) is 11.8 Å². The van der Waals surface area contributed by atoms with Gasteiger partial charge in [0.05, 0.1) is 12.1 Å². The van der Waals surface area contributed by atoms with Crippen LogP contribution in [0.1, 0.15) is 34.6 Å². The molecule has 11 heteroatoms. The van der Waals surface area contributed by atoms with E-state index in [0.717, 1.165) is 29.1 Å². The lowest BCUT2D eigenvalue weighted by molar-refractivity contribution is -0.137. The van der Waals surface area contributed by atoms with Crippen LogP contribution in [0.2, 0.25) is 0 Å². The predicted octanol–water partition coefficient (Wildman–Crippen LogP) is 3.58. The van der Waals surface area contributed by atoms with Crippen LogP contribution in [0.4, 0.5) is 13.2 Å². The minimum absolute atomic E-state index is 0. The maximum absolute atomic E-state index is 12.6. The minimum atomic E-state index is -4.44. The van der Waals surface area contributed by atoms with Crippen LogP contribution in [0, 0.1) is 0 Å². The zero-order chi connectivity index (χ0) is 22.2. The molecule has 0 aliphatic heterocycles. The number of hydrogen-bond acceptors (Lipinski definition) is 4. The third-order valence-corrected chi connectivity index (χ3v) is 5.24. The molecule has 1 unspecified atom stereocenters. The van der Waals surface area contributed by atoms with Gasteiger partial charge in [0.1, 0.15) is 5.60 Å². The first-order valence-corrected chi connectivity index (χ1v) is 10.3. The number of carbonyl (C=O) groups is 1. The van der Waals surface area contributed by atoms with Crippen molar-refractivity contribution in [2.45, 2.75) is 25.6 Å². The van der Waals surface area contributed by atoms with E-state index in [1.54, 1.807) is 6.92 Å². The fraction of sp³-hybridized carbons (Fsp3) is 0.400. The van der Waals surface area contributed by atoms with Gasteiger partial charge in [0.15, 0.2) is 5.96 Å². The van der Waals surface area contributed by atoms with E-state index in [1.807, 2.05) is 24.4 Å². The second kappa shape index (κ2) is 12.2. The van der Waals surface area contributed by atoms with Crippen molar-refractivity contribution in [1.82, 2.24) is 16.0 Å². The van der Waals surface area contributed by atoms with Crippen molar-refractivity contribution in [3.63, 3.8) is 0 Å². The van der Waals surface area contributed by atoms with Gasteiger partial charge in [0, 0.05) is 30.1 Å². The van der Waals surface area contributed by atoms with Crippen LogP contribution < -0.4 is 16.0 Å². The SMILES string of the molecule is CCNC(=NCC(C)(O)c1cccs1)NCCNC(=O)c1ccc(C(F)(F)F)cc1.I. The molecule has 1 aromatic carbocycles. The summed E-state index contributed by atoms with van der Waals surface area (Å²) in [7, 11) is 0. The number of benzene rings is 1. The van der Waals surface area contributed by atoms with E-state index in [-0.39, 0.29) is 42.6 Å². The zero-order valence-corrected chi connectivity index (χ0v) is 20.3. The van der Waals surface area contributed by atoms with Crippen molar-refractivity contribution in [3.05, 3.63) is 57.8 Å². The summed E-state index contributed by atoms with van der Waals surface area (Å²) in [4.78, 5) is 17.3. The molecule has 0 aliphatic carbocycles. The number of aliphatic hydroxyl groups is 1. The molecule has 1 amide bonds. The fourth-order valence-electron chi connectivity index (χ4n) is 2.51. The number of amides is 1. The van der Waals surface area contributed by atoms with E-state index >= 15 is 0 Å². The molecule has 6 nitrogen and oxygen atoms in total. The molecule has 1 heterocycles. The molecule has 0 fully saturated rings. The lowest BCUT2D eigenvalue weighted by Crippen LogP contribution is -2.42. The number of alkyl halides is 3. The van der Waals surface area contributed by atoms with Crippen LogP contribution in [0.3, 0.4) is 0 Å². The average Bonchev–Trinajstić information content (AvgIpc) is 3.24. The first-order valence-electron chi connectivity index (χ1n) is 9.37. The number of thiophene rings is 1. The summed E-state index contributed by atoms with van der Waals surface area (Å²) < 4.78 is 37.7. The Labute approximate surface area is 200 Å². The predicted molar refractivity (Wildman–Crippen MR) is 127 cm³/mol. The number of aliphatic imine (C=N–C) groups is 1. The Morgan fingerprint density at radius 3 is 2.29 bits per heavy atom. The lowest BCUT2D eigenvalue weighted by Gasteiger charge is -2.20. The van der Waals surface area contributed by atoms with Crippen molar-refractivity contribution in [2.75, 3.05) is 26.2 Å². The van der Waals surface area contributed by atoms with E-state index in [9.17, 15) is 23.1 Å². The first-order chi connectivity index (χ1) is 14.1. The van der Waals surface area contributed by atoms with Crippen LogP contribution in [0.25, 0.3) is 0 Å². The highest BCUT2D eigenvalue weighted by molar-refractivity contribution is 14.0. The molecule has 2 rings (SSSR count). The molecule has 2 aromatic rings. The zero-order valence-electron chi connectivity index (χ0n) is 17.1. The number of guanidine groups is 1. The number of nitrogens with zero attached hydrogens (tertiary/aromatic N) is 1. The van der Waals surface area contributed by atoms with E-state index in [4.69, 9.17) is 0 Å². The summed E-state index contributed by atoms with van der Waals surface area (Å²) in [5.74, 6) is 0.0196. The Morgan fingerprint density at radius 2 is 1.74 bits per heavy atom. The molecule has 0 spiro atoms. The molecule has 0 bridgehead atoms. The van der Waals surface area contributed by atoms with Crippen molar-refractivity contribution in [3.8, 4) is 0 Å². The third kappa shape index (κ3) is 8.65. The molecular formula is C20H26F3IN4O2S. The highest BCUT2D eigenvalue weighted by atomic mass is 127. The Morgan fingerprint density at radius 1 is 1.10 bits per heavy atom. The topological polar surface area (TPSA) is 85.8 Å². The van der Waals surface area contributed by atoms with Crippen molar-refractivity contribution < 1.29 is 23.1 Å². The van der Waals surface area contributed by atoms with Crippen LogP contribution >= 0.6 is 35.3 Å². The molecule has 0 saturated carbocycles. The molecule has 1 aromatic heterocycles. The van der Waals surface area contributed by atoms with Gasteiger partial charge < -0.3 is 21.1 Å². The molecule has 31 heavy (non-hydrogen) atoms. The number of halogens is 4. The van der Waals surface area contributed by atoms with Crippen LogP contribution in [0.15, 0.2) is 46.8 Å². The van der Waals surface area contributed by atoms with Gasteiger partial charge in [-0.1, -0.05) is 6.07 Å². The highest BCUT2D eigenvalue weighted by Gasteiger charge is 2.30. The number of hydrogen-bond donors (Lipinski definition) is 4. The van der Waals surface area contributed by atoms with Gasteiger partial charge in [0.2, 0.25) is 0 Å². The lowest BCUT2D eigenvalue weighted by atomic mass is 10.1. The van der Waals surface area contributed by atoms with Crippen molar-refractivity contribution in [1.29, 1.82) is 0 Å². The van der Waals surface area contributed by atoms with E-state index in [0.29, 0.717) is 19.0 Å². The largest absolute Gasteiger partial charge is 0.416 e. The Kier molecular flexibility index (Phi) is 10.7. The second-order valence-corrected chi connectivity index (χ2v) is 7.65. The van der Waals surface area contributed by atoms with Crippen molar-refractivity contribution in [2.24, 2.45) is 4.99 Å². The molecule has 0 radical (unpaired) electrons. The molecule has 0 aliphatic rings. The Hall–Kier alpha value is -1.86. The summed E-state index contributed by atoms with van der Waals surface area (Å²) >= 11 is 1.45. The summed E-state index contributed by atoms with van der Waals surface area (Å²) in [6.07, 6.45) is -4.44. The normalized spacial score (nSPS) is 13.7. The molecule has 172 valence electrons. The summed E-state index contributed by atoms with van der Waals surface area (Å²) in [5.41, 5.74) is -1.74. The van der Waals surface area contributed by atoms with Crippen molar-refractivity contribution >= 4 is 47.2 Å². The van der Waals surface area contributed by atoms with Gasteiger partial charge in [0.25, 0.3) is 5.91 Å². The maximum Gasteiger partial charge on any atom is 0.416 e. The monoisotopic (exact) mass is 570 g/mol. The summed E-state index contributed by atoms with van der Waals surface area (Å²) in [6, 6.07) is 7.75. The average molecular weight is 570 g/mol. The second-order valence-electron chi connectivity index (χ2n) is 6.70. The number of carbonyl (C=O) groups excluding carboxylic acids is 1. The first kappa shape index (κ1) is 27.2.